The molecular weight excluding hydrogens is 418 g/mol. The summed E-state index contributed by atoms with van der Waals surface area (Å²) >= 11 is 0. The number of ketones is 1. The summed E-state index contributed by atoms with van der Waals surface area (Å²) in [6.07, 6.45) is 0. The van der Waals surface area contributed by atoms with Gasteiger partial charge in [-0.05, 0) is 55.8 Å². The first-order valence-corrected chi connectivity index (χ1v) is 10.5. The van der Waals surface area contributed by atoms with E-state index in [1.165, 1.54) is 0 Å². The highest BCUT2D eigenvalue weighted by atomic mass is 16.2. The number of hydrogen-bond donors (Lipinski definition) is 2. The topological polar surface area (TPSA) is 95.6 Å². The maximum Gasteiger partial charge on any atom is 0.325 e. The fraction of sp³-hybridized carbons (Fsp3) is 0.154. The Labute approximate surface area is 191 Å². The van der Waals surface area contributed by atoms with Crippen LogP contribution in [0.15, 0.2) is 78.9 Å². The number of urea groups is 1. The Hall–Kier alpha value is -4.26. The number of hydrogen-bond acceptors (Lipinski definition) is 4. The largest absolute Gasteiger partial charge is 0.325 e. The van der Waals surface area contributed by atoms with E-state index in [9.17, 15) is 19.2 Å². The number of Topliss-reactive ketones (excluding diaryl/α,β-unsaturated/α-hetero) is 1. The number of aryl methyl sites for hydroxylation is 1. The molecule has 2 N–H and O–H groups in total. The minimum atomic E-state index is -1.23. The molecule has 0 saturated carbocycles. The molecule has 166 valence electrons. The Kier molecular flexibility index (Phi) is 5.79. The van der Waals surface area contributed by atoms with Crippen LogP contribution in [0.25, 0.3) is 0 Å². The first kappa shape index (κ1) is 22.0. The van der Waals surface area contributed by atoms with Crippen LogP contribution in [0.3, 0.4) is 0 Å². The zero-order valence-corrected chi connectivity index (χ0v) is 18.3. The smallest absolute Gasteiger partial charge is 0.322 e. The molecule has 1 atom stereocenters. The lowest BCUT2D eigenvalue weighted by Crippen LogP contribution is -2.41. The Morgan fingerprint density at radius 1 is 0.879 bits per heavy atom. The second kappa shape index (κ2) is 8.70. The molecule has 1 fully saturated rings. The summed E-state index contributed by atoms with van der Waals surface area (Å²) in [5, 5.41) is 5.47. The van der Waals surface area contributed by atoms with E-state index in [4.69, 9.17) is 0 Å². The minimum absolute atomic E-state index is 0.260. The summed E-state index contributed by atoms with van der Waals surface area (Å²) in [5.41, 5.74) is 1.85. The van der Waals surface area contributed by atoms with E-state index in [0.29, 0.717) is 22.4 Å². The molecule has 3 aromatic carbocycles. The number of nitrogens with zero attached hydrogens (tertiary/aromatic N) is 1. The lowest BCUT2D eigenvalue weighted by molar-refractivity contribution is -0.130. The summed E-state index contributed by atoms with van der Waals surface area (Å²) in [5.74, 6) is -1.12. The SMILES string of the molecule is Cc1ccc(C2(C)NC(=O)N(CC(=O)c3ccc(NC(=O)c4ccccc4)cc3)C2=O)cc1. The summed E-state index contributed by atoms with van der Waals surface area (Å²) in [4.78, 5) is 51.5. The lowest BCUT2D eigenvalue weighted by atomic mass is 9.91. The molecule has 7 heteroatoms. The summed E-state index contributed by atoms with van der Waals surface area (Å²) in [7, 11) is 0. The van der Waals surface area contributed by atoms with Crippen molar-refractivity contribution in [3.63, 3.8) is 0 Å². The molecule has 1 saturated heterocycles. The van der Waals surface area contributed by atoms with E-state index in [2.05, 4.69) is 10.6 Å². The Balaban J connectivity index is 1.43. The first-order valence-electron chi connectivity index (χ1n) is 10.5. The number of imide groups is 1. The third-order valence-electron chi connectivity index (χ3n) is 5.71. The maximum absolute atomic E-state index is 13.0. The van der Waals surface area contributed by atoms with Crippen LogP contribution in [0.5, 0.6) is 0 Å². The predicted octanol–water partition coefficient (Wildman–Crippen LogP) is 3.90. The van der Waals surface area contributed by atoms with Gasteiger partial charge in [0.25, 0.3) is 11.8 Å². The van der Waals surface area contributed by atoms with Crippen LogP contribution in [0.4, 0.5) is 10.5 Å². The van der Waals surface area contributed by atoms with Crippen LogP contribution >= 0.6 is 0 Å². The van der Waals surface area contributed by atoms with Crippen LogP contribution in [0, 0.1) is 6.92 Å². The van der Waals surface area contributed by atoms with Gasteiger partial charge in [0.2, 0.25) is 0 Å². The van der Waals surface area contributed by atoms with Gasteiger partial charge in [0, 0.05) is 16.8 Å². The third-order valence-corrected chi connectivity index (χ3v) is 5.71. The summed E-state index contributed by atoms with van der Waals surface area (Å²) < 4.78 is 0. The van der Waals surface area contributed by atoms with E-state index in [1.807, 2.05) is 25.1 Å². The molecule has 0 aliphatic carbocycles. The lowest BCUT2D eigenvalue weighted by Gasteiger charge is -2.22. The van der Waals surface area contributed by atoms with Gasteiger partial charge < -0.3 is 10.6 Å². The average molecular weight is 441 g/mol. The van der Waals surface area contributed by atoms with Gasteiger partial charge in [0.15, 0.2) is 5.78 Å². The molecule has 1 heterocycles. The van der Waals surface area contributed by atoms with Gasteiger partial charge in [-0.3, -0.25) is 19.3 Å². The second-order valence-corrected chi connectivity index (χ2v) is 8.13. The number of carbonyl (C=O) groups is 4. The van der Waals surface area contributed by atoms with Gasteiger partial charge in [-0.25, -0.2) is 4.79 Å². The third kappa shape index (κ3) is 4.39. The number of carbonyl (C=O) groups excluding carboxylic acids is 4. The van der Waals surface area contributed by atoms with Crippen molar-refractivity contribution in [1.82, 2.24) is 10.2 Å². The average Bonchev–Trinajstić information content (AvgIpc) is 3.04. The highest BCUT2D eigenvalue weighted by Crippen LogP contribution is 2.29. The standard InChI is InChI=1S/C26H23N3O4/c1-17-8-12-20(13-9-17)26(2)24(32)29(25(33)28-26)16-22(30)18-10-14-21(15-11-18)27-23(31)19-6-4-3-5-7-19/h3-15H,16H2,1-2H3,(H,27,31)(H,28,33). The molecule has 1 aliphatic rings. The fourth-order valence-corrected chi connectivity index (χ4v) is 3.69. The molecular formula is C26H23N3O4. The molecule has 0 radical (unpaired) electrons. The van der Waals surface area contributed by atoms with Crippen molar-refractivity contribution in [1.29, 1.82) is 0 Å². The number of anilines is 1. The Morgan fingerprint density at radius 3 is 2.15 bits per heavy atom. The Morgan fingerprint density at radius 2 is 1.52 bits per heavy atom. The fourth-order valence-electron chi connectivity index (χ4n) is 3.69. The van der Waals surface area contributed by atoms with Crippen LogP contribution < -0.4 is 10.6 Å². The number of nitrogens with one attached hydrogen (secondary N) is 2. The minimum Gasteiger partial charge on any atom is -0.322 e. The van der Waals surface area contributed by atoms with Crippen LogP contribution in [0.2, 0.25) is 0 Å². The molecule has 0 bridgehead atoms. The van der Waals surface area contributed by atoms with Gasteiger partial charge in [-0.1, -0.05) is 48.0 Å². The zero-order valence-electron chi connectivity index (χ0n) is 18.3. The first-order chi connectivity index (χ1) is 15.8. The molecule has 33 heavy (non-hydrogen) atoms. The molecule has 4 amide bonds. The molecule has 0 aromatic heterocycles. The number of amides is 4. The normalized spacial score (nSPS) is 17.6. The van der Waals surface area contributed by atoms with Crippen molar-refractivity contribution in [2.45, 2.75) is 19.4 Å². The van der Waals surface area contributed by atoms with Crippen molar-refractivity contribution in [2.75, 3.05) is 11.9 Å². The Bertz CT molecular complexity index is 1220. The van der Waals surface area contributed by atoms with Crippen molar-refractivity contribution in [2.24, 2.45) is 0 Å². The number of rotatable bonds is 6. The molecule has 1 unspecified atom stereocenters. The van der Waals surface area contributed by atoms with Crippen LogP contribution in [-0.2, 0) is 10.3 Å². The summed E-state index contributed by atoms with van der Waals surface area (Å²) in [6, 6.07) is 21.8. The molecule has 7 nitrogen and oxygen atoms in total. The van der Waals surface area contributed by atoms with Gasteiger partial charge in [-0.15, -0.1) is 0 Å². The van der Waals surface area contributed by atoms with Gasteiger partial charge in [-0.2, -0.15) is 0 Å². The highest BCUT2D eigenvalue weighted by molar-refractivity contribution is 6.11. The van der Waals surface area contributed by atoms with Crippen LogP contribution in [0.1, 0.15) is 38.8 Å². The van der Waals surface area contributed by atoms with Crippen molar-refractivity contribution in [3.05, 3.63) is 101 Å². The predicted molar refractivity (Wildman–Crippen MR) is 124 cm³/mol. The molecule has 1 aliphatic heterocycles. The quantitative estimate of drug-likeness (QED) is 0.448. The highest BCUT2D eigenvalue weighted by Gasteiger charge is 2.49. The van der Waals surface area contributed by atoms with E-state index in [-0.39, 0.29) is 18.2 Å². The van der Waals surface area contributed by atoms with E-state index in [0.717, 1.165) is 10.5 Å². The molecule has 0 spiro atoms. The van der Waals surface area contributed by atoms with Crippen molar-refractivity contribution < 1.29 is 19.2 Å². The number of benzene rings is 3. The van der Waals surface area contributed by atoms with Crippen LogP contribution in [-0.4, -0.2) is 35.1 Å². The molecule has 4 rings (SSSR count). The van der Waals surface area contributed by atoms with Gasteiger partial charge in [0.05, 0.1) is 6.54 Å². The van der Waals surface area contributed by atoms with Crippen molar-refractivity contribution in [3.8, 4) is 0 Å². The molecule has 3 aromatic rings. The van der Waals surface area contributed by atoms with Crippen molar-refractivity contribution >= 4 is 29.3 Å². The van der Waals surface area contributed by atoms with E-state index >= 15 is 0 Å². The monoisotopic (exact) mass is 441 g/mol. The second-order valence-electron chi connectivity index (χ2n) is 8.13. The van der Waals surface area contributed by atoms with Gasteiger partial charge in [0.1, 0.15) is 5.54 Å². The van der Waals surface area contributed by atoms with Gasteiger partial charge >= 0.3 is 6.03 Å². The maximum atomic E-state index is 13.0. The van der Waals surface area contributed by atoms with E-state index < -0.39 is 17.5 Å². The van der Waals surface area contributed by atoms with E-state index in [1.54, 1.807) is 67.6 Å². The zero-order chi connectivity index (χ0) is 23.6. The summed E-state index contributed by atoms with van der Waals surface area (Å²) in [6.45, 7) is 3.19.